The summed E-state index contributed by atoms with van der Waals surface area (Å²) in [4.78, 5) is 3.88. The zero-order valence-electron chi connectivity index (χ0n) is 10.3. The predicted octanol–water partition coefficient (Wildman–Crippen LogP) is 1.60. The van der Waals surface area contributed by atoms with Crippen molar-refractivity contribution in [3.63, 3.8) is 0 Å². The molecule has 0 aliphatic carbocycles. The second kappa shape index (κ2) is 5.11. The zero-order chi connectivity index (χ0) is 13.8. The lowest BCUT2D eigenvalue weighted by molar-refractivity contribution is 0.342. The standard InChI is InChI=1S/C13H11N5O/c1-2-19-12-5-3-4-10(13(12)16)18-8-17-9(6-14)11(18)7-15/h3-5,8H,2,16H2,1H3. The molecule has 0 saturated heterocycles. The van der Waals surface area contributed by atoms with Crippen molar-refractivity contribution in [1.82, 2.24) is 9.55 Å². The van der Waals surface area contributed by atoms with Gasteiger partial charge in [-0.15, -0.1) is 0 Å². The van der Waals surface area contributed by atoms with E-state index in [0.717, 1.165) is 0 Å². The normalized spacial score (nSPS) is 9.63. The Bertz CT molecular complexity index is 690. The number of imidazole rings is 1. The number of aromatic nitrogens is 2. The Hall–Kier alpha value is -2.99. The monoisotopic (exact) mass is 253 g/mol. The Labute approximate surface area is 110 Å². The van der Waals surface area contributed by atoms with Crippen LogP contribution in [0.15, 0.2) is 24.5 Å². The number of nitrogen functional groups attached to an aromatic ring is 1. The van der Waals surface area contributed by atoms with Crippen molar-refractivity contribution < 1.29 is 4.74 Å². The van der Waals surface area contributed by atoms with E-state index in [0.29, 0.717) is 23.7 Å². The number of hydrogen-bond donors (Lipinski definition) is 1. The number of rotatable bonds is 3. The summed E-state index contributed by atoms with van der Waals surface area (Å²) in [5.74, 6) is 0.538. The van der Waals surface area contributed by atoms with Gasteiger partial charge in [-0.2, -0.15) is 10.5 Å². The highest BCUT2D eigenvalue weighted by molar-refractivity contribution is 5.67. The molecule has 1 aromatic carbocycles. The van der Waals surface area contributed by atoms with Crippen LogP contribution in [0.4, 0.5) is 5.69 Å². The number of para-hydroxylation sites is 1. The molecule has 0 aliphatic heterocycles. The quantitative estimate of drug-likeness (QED) is 0.837. The van der Waals surface area contributed by atoms with Gasteiger partial charge in [-0.05, 0) is 19.1 Å². The van der Waals surface area contributed by atoms with Gasteiger partial charge in [-0.1, -0.05) is 6.07 Å². The summed E-state index contributed by atoms with van der Waals surface area (Å²) in [6.07, 6.45) is 1.40. The lowest BCUT2D eigenvalue weighted by atomic mass is 10.2. The highest BCUT2D eigenvalue weighted by Crippen LogP contribution is 2.29. The number of nitriles is 2. The lowest BCUT2D eigenvalue weighted by Crippen LogP contribution is -2.04. The van der Waals surface area contributed by atoms with Gasteiger partial charge in [0.1, 0.15) is 24.2 Å². The van der Waals surface area contributed by atoms with E-state index < -0.39 is 0 Å². The second-order valence-corrected chi connectivity index (χ2v) is 3.66. The van der Waals surface area contributed by atoms with E-state index in [9.17, 15) is 0 Å². The Morgan fingerprint density at radius 3 is 2.79 bits per heavy atom. The van der Waals surface area contributed by atoms with Crippen molar-refractivity contribution in [1.29, 1.82) is 10.5 Å². The summed E-state index contributed by atoms with van der Waals surface area (Å²) in [5, 5.41) is 18.0. The molecule has 0 fully saturated rings. The fraction of sp³-hybridized carbons (Fsp3) is 0.154. The Morgan fingerprint density at radius 1 is 1.37 bits per heavy atom. The molecular formula is C13H11N5O. The van der Waals surface area contributed by atoms with Gasteiger partial charge in [-0.3, -0.25) is 4.57 Å². The van der Waals surface area contributed by atoms with Crippen LogP contribution in [0.25, 0.3) is 5.69 Å². The molecule has 1 heterocycles. The highest BCUT2D eigenvalue weighted by atomic mass is 16.5. The van der Waals surface area contributed by atoms with Crippen molar-refractivity contribution in [3.05, 3.63) is 35.9 Å². The van der Waals surface area contributed by atoms with E-state index in [2.05, 4.69) is 4.98 Å². The van der Waals surface area contributed by atoms with Crippen LogP contribution in [0.5, 0.6) is 5.75 Å². The summed E-state index contributed by atoms with van der Waals surface area (Å²) in [6, 6.07) is 9.08. The van der Waals surface area contributed by atoms with Gasteiger partial charge in [0.2, 0.25) is 0 Å². The number of nitrogens with two attached hydrogens (primary N) is 1. The smallest absolute Gasteiger partial charge is 0.177 e. The fourth-order valence-corrected chi connectivity index (χ4v) is 1.74. The van der Waals surface area contributed by atoms with E-state index in [-0.39, 0.29) is 11.4 Å². The van der Waals surface area contributed by atoms with Crippen LogP contribution in [0.3, 0.4) is 0 Å². The molecule has 0 bridgehead atoms. The SMILES string of the molecule is CCOc1cccc(-n2cnc(C#N)c2C#N)c1N. The maximum Gasteiger partial charge on any atom is 0.177 e. The summed E-state index contributed by atoms with van der Waals surface area (Å²) >= 11 is 0. The average molecular weight is 253 g/mol. The molecule has 94 valence electrons. The zero-order valence-corrected chi connectivity index (χ0v) is 10.3. The third-order valence-corrected chi connectivity index (χ3v) is 2.58. The summed E-state index contributed by atoms with van der Waals surface area (Å²) in [6.45, 7) is 2.35. The van der Waals surface area contributed by atoms with Crippen molar-refractivity contribution in [2.45, 2.75) is 6.92 Å². The topological polar surface area (TPSA) is 101 Å². The van der Waals surface area contributed by atoms with Gasteiger partial charge < -0.3 is 10.5 Å². The molecule has 2 aromatic rings. The molecule has 0 aliphatic rings. The van der Waals surface area contributed by atoms with Crippen LogP contribution in [0.1, 0.15) is 18.3 Å². The number of hydrogen-bond acceptors (Lipinski definition) is 5. The van der Waals surface area contributed by atoms with E-state index in [1.807, 2.05) is 19.1 Å². The molecule has 0 radical (unpaired) electrons. The van der Waals surface area contributed by atoms with Gasteiger partial charge in [0.25, 0.3) is 0 Å². The fourth-order valence-electron chi connectivity index (χ4n) is 1.74. The molecule has 1 aromatic heterocycles. The Morgan fingerprint density at radius 2 is 2.16 bits per heavy atom. The number of benzene rings is 1. The first-order valence-corrected chi connectivity index (χ1v) is 5.62. The summed E-state index contributed by atoms with van der Waals surface area (Å²) in [7, 11) is 0. The molecule has 0 saturated carbocycles. The van der Waals surface area contributed by atoms with Gasteiger partial charge in [0.05, 0.1) is 18.0 Å². The minimum Gasteiger partial charge on any atom is -0.492 e. The van der Waals surface area contributed by atoms with Crippen LogP contribution < -0.4 is 10.5 Å². The van der Waals surface area contributed by atoms with Crippen LogP contribution in [0, 0.1) is 22.7 Å². The minimum atomic E-state index is 0.0729. The van der Waals surface area contributed by atoms with Crippen LogP contribution >= 0.6 is 0 Å². The van der Waals surface area contributed by atoms with E-state index in [1.165, 1.54) is 10.9 Å². The first-order chi connectivity index (χ1) is 9.22. The van der Waals surface area contributed by atoms with Crippen LogP contribution in [0.2, 0.25) is 0 Å². The van der Waals surface area contributed by atoms with Gasteiger partial charge in [-0.25, -0.2) is 4.98 Å². The Kier molecular flexibility index (Phi) is 3.35. The molecule has 0 atom stereocenters. The molecule has 0 unspecified atom stereocenters. The van der Waals surface area contributed by atoms with E-state index in [1.54, 1.807) is 18.2 Å². The highest BCUT2D eigenvalue weighted by Gasteiger charge is 2.15. The number of ether oxygens (including phenoxy) is 1. The van der Waals surface area contributed by atoms with Crippen molar-refractivity contribution >= 4 is 5.69 Å². The van der Waals surface area contributed by atoms with Gasteiger partial charge >= 0.3 is 0 Å². The third kappa shape index (κ3) is 2.07. The third-order valence-electron chi connectivity index (χ3n) is 2.58. The van der Waals surface area contributed by atoms with E-state index in [4.69, 9.17) is 21.0 Å². The molecule has 0 spiro atoms. The van der Waals surface area contributed by atoms with Crippen molar-refractivity contribution in [3.8, 4) is 23.6 Å². The molecule has 0 amide bonds. The van der Waals surface area contributed by atoms with Crippen molar-refractivity contribution in [2.24, 2.45) is 0 Å². The molecule has 6 nitrogen and oxygen atoms in total. The maximum atomic E-state index is 9.11. The summed E-state index contributed by atoms with van der Waals surface area (Å²) in [5.41, 5.74) is 7.21. The first-order valence-electron chi connectivity index (χ1n) is 5.62. The van der Waals surface area contributed by atoms with Gasteiger partial charge in [0, 0.05) is 0 Å². The van der Waals surface area contributed by atoms with Crippen molar-refractivity contribution in [2.75, 3.05) is 12.3 Å². The maximum absolute atomic E-state index is 9.11. The molecule has 6 heteroatoms. The largest absolute Gasteiger partial charge is 0.492 e. The average Bonchev–Trinajstić information content (AvgIpc) is 2.84. The second-order valence-electron chi connectivity index (χ2n) is 3.66. The Balaban J connectivity index is 2.61. The van der Waals surface area contributed by atoms with E-state index >= 15 is 0 Å². The molecular weight excluding hydrogens is 242 g/mol. The first kappa shape index (κ1) is 12.5. The number of nitrogens with zero attached hydrogens (tertiary/aromatic N) is 4. The molecule has 19 heavy (non-hydrogen) atoms. The minimum absolute atomic E-state index is 0.0729. The summed E-state index contributed by atoms with van der Waals surface area (Å²) < 4.78 is 6.88. The van der Waals surface area contributed by atoms with Crippen LogP contribution in [-0.2, 0) is 0 Å². The number of anilines is 1. The van der Waals surface area contributed by atoms with Gasteiger partial charge in [0.15, 0.2) is 11.4 Å². The molecule has 2 N–H and O–H groups in total. The van der Waals surface area contributed by atoms with Crippen LogP contribution in [-0.4, -0.2) is 16.2 Å². The lowest BCUT2D eigenvalue weighted by Gasteiger charge is -2.12. The molecule has 2 rings (SSSR count). The predicted molar refractivity (Wildman–Crippen MR) is 68.6 cm³/mol.